The van der Waals surface area contributed by atoms with Crippen LogP contribution in [0.25, 0.3) is 0 Å². The Morgan fingerprint density at radius 3 is 2.48 bits per heavy atom. The molecule has 5 heteroatoms. The highest BCUT2D eigenvalue weighted by Gasteiger charge is 2.15. The zero-order valence-corrected chi connectivity index (χ0v) is 13.8. The van der Waals surface area contributed by atoms with Crippen LogP contribution in [0.5, 0.6) is 0 Å². The first-order valence-corrected chi connectivity index (χ1v) is 8.28. The summed E-state index contributed by atoms with van der Waals surface area (Å²) in [6.07, 6.45) is 2.00. The topological polar surface area (TPSA) is 41.0 Å². The van der Waals surface area contributed by atoms with Crippen LogP contribution in [-0.4, -0.2) is 29.3 Å². The molecule has 0 aliphatic carbocycles. The van der Waals surface area contributed by atoms with E-state index in [9.17, 15) is 0 Å². The highest BCUT2D eigenvalue weighted by Crippen LogP contribution is 2.23. The van der Waals surface area contributed by atoms with Gasteiger partial charge in [-0.15, -0.1) is 0 Å². The molecule has 0 saturated heterocycles. The number of rotatable bonds is 6. The van der Waals surface area contributed by atoms with Gasteiger partial charge in [0.05, 0.1) is 0 Å². The summed E-state index contributed by atoms with van der Waals surface area (Å²) in [5.41, 5.74) is 1.28. The second-order valence-corrected chi connectivity index (χ2v) is 5.83. The maximum atomic E-state index is 4.66. The lowest BCUT2D eigenvalue weighted by Gasteiger charge is -2.28. The summed E-state index contributed by atoms with van der Waals surface area (Å²) in [5.74, 6) is 1.81. The normalized spacial score (nSPS) is 10.7. The number of hydrogen-bond acceptors (Lipinski definition) is 5. The van der Waals surface area contributed by atoms with Crippen LogP contribution in [0.3, 0.4) is 0 Å². The monoisotopic (exact) mass is 302 g/mol. The van der Waals surface area contributed by atoms with E-state index in [0.717, 1.165) is 23.3 Å². The minimum Gasteiger partial charge on any atom is -0.373 e. The molecule has 112 valence electrons. The number of hydrogen-bond donors (Lipinski definition) is 1. The molecule has 0 saturated carbocycles. The van der Waals surface area contributed by atoms with E-state index in [4.69, 9.17) is 0 Å². The summed E-state index contributed by atoms with van der Waals surface area (Å²) in [5, 5.41) is 3.90. The van der Waals surface area contributed by atoms with Gasteiger partial charge in [0.25, 0.3) is 0 Å². The molecule has 0 fully saturated rings. The summed E-state index contributed by atoms with van der Waals surface area (Å²) < 4.78 is 0. The number of aromatic nitrogens is 2. The van der Waals surface area contributed by atoms with Gasteiger partial charge in [-0.2, -0.15) is 0 Å². The van der Waals surface area contributed by atoms with Crippen molar-refractivity contribution in [1.82, 2.24) is 9.97 Å². The van der Waals surface area contributed by atoms with Crippen LogP contribution in [-0.2, 0) is 6.54 Å². The molecular formula is C16H22N4S. The van der Waals surface area contributed by atoms with Gasteiger partial charge in [0.15, 0.2) is 5.16 Å². The third-order valence-electron chi connectivity index (χ3n) is 3.24. The highest BCUT2D eigenvalue weighted by molar-refractivity contribution is 7.98. The molecule has 21 heavy (non-hydrogen) atoms. The molecule has 0 amide bonds. The van der Waals surface area contributed by atoms with Gasteiger partial charge in [-0.25, -0.2) is 9.97 Å². The van der Waals surface area contributed by atoms with Gasteiger partial charge in [-0.05, 0) is 25.7 Å². The summed E-state index contributed by atoms with van der Waals surface area (Å²) >= 11 is 1.56. The Morgan fingerprint density at radius 2 is 1.90 bits per heavy atom. The average Bonchev–Trinajstić information content (AvgIpc) is 2.52. The molecule has 2 aromatic rings. The van der Waals surface area contributed by atoms with Crippen LogP contribution in [0, 0.1) is 0 Å². The van der Waals surface area contributed by atoms with Crippen molar-refractivity contribution in [2.45, 2.75) is 31.6 Å². The quantitative estimate of drug-likeness (QED) is 0.651. The molecule has 1 heterocycles. The summed E-state index contributed by atoms with van der Waals surface area (Å²) in [6.45, 7) is 5.21. The molecule has 0 unspecified atom stereocenters. The van der Waals surface area contributed by atoms with E-state index >= 15 is 0 Å². The lowest BCUT2D eigenvalue weighted by molar-refractivity contribution is 0.666. The summed E-state index contributed by atoms with van der Waals surface area (Å²) in [6, 6.07) is 12.8. The smallest absolute Gasteiger partial charge is 0.191 e. The van der Waals surface area contributed by atoms with Gasteiger partial charge in [-0.1, -0.05) is 42.1 Å². The van der Waals surface area contributed by atoms with E-state index in [1.54, 1.807) is 11.8 Å². The zero-order valence-electron chi connectivity index (χ0n) is 13.0. The van der Waals surface area contributed by atoms with Gasteiger partial charge in [0, 0.05) is 25.7 Å². The first-order chi connectivity index (χ1) is 10.1. The van der Waals surface area contributed by atoms with Crippen LogP contribution < -0.4 is 10.2 Å². The van der Waals surface area contributed by atoms with Crippen molar-refractivity contribution in [3.8, 4) is 0 Å². The van der Waals surface area contributed by atoms with E-state index < -0.39 is 0 Å². The predicted octanol–water partition coefficient (Wildman–Crippen LogP) is 3.66. The van der Waals surface area contributed by atoms with Gasteiger partial charge < -0.3 is 10.2 Å². The Kier molecular flexibility index (Phi) is 5.44. The second-order valence-electron chi connectivity index (χ2n) is 5.06. The standard InChI is InChI=1S/C16H22N4S/c1-12(2)20(11-13-8-6-5-7-9-13)15-10-14(17-3)18-16(19-15)21-4/h5-10,12H,11H2,1-4H3,(H,17,18,19). The molecule has 0 bridgehead atoms. The third kappa shape index (κ3) is 4.11. The molecular weight excluding hydrogens is 280 g/mol. The van der Waals surface area contributed by atoms with Gasteiger partial charge in [0.2, 0.25) is 0 Å². The third-order valence-corrected chi connectivity index (χ3v) is 3.79. The largest absolute Gasteiger partial charge is 0.373 e. The zero-order chi connectivity index (χ0) is 15.2. The maximum absolute atomic E-state index is 4.66. The molecule has 0 spiro atoms. The van der Waals surface area contributed by atoms with Crippen molar-refractivity contribution in [1.29, 1.82) is 0 Å². The molecule has 4 nitrogen and oxygen atoms in total. The molecule has 2 rings (SSSR count). The van der Waals surface area contributed by atoms with Gasteiger partial charge in [-0.3, -0.25) is 0 Å². The molecule has 1 N–H and O–H groups in total. The molecule has 0 aliphatic heterocycles. The van der Waals surface area contributed by atoms with Gasteiger partial charge in [0.1, 0.15) is 11.6 Å². The maximum Gasteiger partial charge on any atom is 0.191 e. The van der Waals surface area contributed by atoms with Crippen LogP contribution in [0.15, 0.2) is 41.6 Å². The minimum absolute atomic E-state index is 0.361. The average molecular weight is 302 g/mol. The Morgan fingerprint density at radius 1 is 1.19 bits per heavy atom. The van der Waals surface area contributed by atoms with E-state index in [-0.39, 0.29) is 0 Å². The minimum atomic E-state index is 0.361. The molecule has 0 radical (unpaired) electrons. The highest BCUT2D eigenvalue weighted by atomic mass is 32.2. The SMILES string of the molecule is CNc1cc(N(Cc2ccccc2)C(C)C)nc(SC)n1. The van der Waals surface area contributed by atoms with E-state index in [1.807, 2.05) is 25.4 Å². The molecule has 1 aromatic carbocycles. The van der Waals surface area contributed by atoms with Crippen molar-refractivity contribution < 1.29 is 0 Å². The molecule has 0 atom stereocenters. The fraction of sp³-hybridized carbons (Fsp3) is 0.375. The van der Waals surface area contributed by atoms with Gasteiger partial charge >= 0.3 is 0 Å². The van der Waals surface area contributed by atoms with Crippen molar-refractivity contribution in [2.24, 2.45) is 0 Å². The number of benzene rings is 1. The van der Waals surface area contributed by atoms with Crippen molar-refractivity contribution in [3.63, 3.8) is 0 Å². The van der Waals surface area contributed by atoms with Crippen molar-refractivity contribution in [3.05, 3.63) is 42.0 Å². The number of thioether (sulfide) groups is 1. The summed E-state index contributed by atoms with van der Waals surface area (Å²) in [4.78, 5) is 11.4. The first kappa shape index (κ1) is 15.6. The van der Waals surface area contributed by atoms with Crippen molar-refractivity contribution in [2.75, 3.05) is 23.5 Å². The van der Waals surface area contributed by atoms with Crippen LogP contribution in [0.1, 0.15) is 19.4 Å². The Hall–Kier alpha value is -1.75. The Labute approximate surface area is 131 Å². The lowest BCUT2D eigenvalue weighted by Crippen LogP contribution is -2.31. The van der Waals surface area contributed by atoms with E-state index in [2.05, 4.69) is 58.3 Å². The second kappa shape index (κ2) is 7.31. The van der Waals surface area contributed by atoms with Crippen molar-refractivity contribution >= 4 is 23.4 Å². The summed E-state index contributed by atoms with van der Waals surface area (Å²) in [7, 11) is 1.88. The van der Waals surface area contributed by atoms with Crippen LogP contribution >= 0.6 is 11.8 Å². The van der Waals surface area contributed by atoms with Crippen LogP contribution in [0.4, 0.5) is 11.6 Å². The Balaban J connectivity index is 2.33. The Bertz CT molecular complexity index is 549. The molecule has 0 aliphatic rings. The fourth-order valence-corrected chi connectivity index (χ4v) is 2.46. The first-order valence-electron chi connectivity index (χ1n) is 7.05. The van der Waals surface area contributed by atoms with Crippen LogP contribution in [0.2, 0.25) is 0 Å². The fourth-order valence-electron chi connectivity index (χ4n) is 2.09. The molecule has 1 aromatic heterocycles. The lowest BCUT2D eigenvalue weighted by atomic mass is 10.2. The number of anilines is 2. The predicted molar refractivity (Wildman–Crippen MR) is 91.1 cm³/mol. The number of nitrogens with one attached hydrogen (secondary N) is 1. The van der Waals surface area contributed by atoms with E-state index in [1.165, 1.54) is 5.56 Å². The number of nitrogens with zero attached hydrogens (tertiary/aromatic N) is 3. The van der Waals surface area contributed by atoms with E-state index in [0.29, 0.717) is 6.04 Å².